The molecule has 0 spiro atoms. The molecule has 1 amide bonds. The zero-order chi connectivity index (χ0) is 13.8. The highest BCUT2D eigenvalue weighted by molar-refractivity contribution is 5.70. The summed E-state index contributed by atoms with van der Waals surface area (Å²) in [5.74, 6) is 0.621. The minimum atomic E-state index is -0.339. The van der Waals surface area contributed by atoms with E-state index in [9.17, 15) is 4.79 Å². The van der Waals surface area contributed by atoms with Crippen LogP contribution in [0.25, 0.3) is 0 Å². The van der Waals surface area contributed by atoms with Crippen LogP contribution in [0.5, 0.6) is 5.75 Å². The highest BCUT2D eigenvalue weighted by Gasteiger charge is 2.21. The first kappa shape index (κ1) is 13.9. The van der Waals surface area contributed by atoms with Gasteiger partial charge < -0.3 is 9.64 Å². The second-order valence-corrected chi connectivity index (χ2v) is 5.33. The number of hydrogen-bond donors (Lipinski definition) is 0. The highest BCUT2D eigenvalue weighted by atomic mass is 16.6. The minimum absolute atomic E-state index is 0.339. The molecule has 0 bridgehead atoms. The number of nitrogens with zero attached hydrogens (tertiary/aromatic N) is 2. The molecule has 1 heterocycles. The van der Waals surface area contributed by atoms with Crippen molar-refractivity contribution < 1.29 is 9.53 Å². The number of rotatable bonds is 2. The first-order valence-corrected chi connectivity index (χ1v) is 6.77. The molecule has 1 aliphatic rings. The van der Waals surface area contributed by atoms with E-state index in [-0.39, 0.29) is 6.09 Å². The summed E-state index contributed by atoms with van der Waals surface area (Å²) < 4.78 is 5.31. The van der Waals surface area contributed by atoms with Crippen molar-refractivity contribution in [3.05, 3.63) is 29.8 Å². The molecule has 1 unspecified atom stereocenters. The third-order valence-electron chi connectivity index (χ3n) is 3.58. The molecule has 0 aromatic heterocycles. The van der Waals surface area contributed by atoms with E-state index in [0.717, 1.165) is 6.54 Å². The molecule has 4 heteroatoms. The Balaban J connectivity index is 2.12. The van der Waals surface area contributed by atoms with E-state index >= 15 is 0 Å². The van der Waals surface area contributed by atoms with Crippen molar-refractivity contribution in [2.75, 3.05) is 27.7 Å². The molecule has 2 rings (SSSR count). The van der Waals surface area contributed by atoms with Crippen molar-refractivity contribution in [1.29, 1.82) is 0 Å². The Morgan fingerprint density at radius 3 is 2.84 bits per heavy atom. The van der Waals surface area contributed by atoms with E-state index in [1.165, 1.54) is 29.7 Å². The van der Waals surface area contributed by atoms with Crippen molar-refractivity contribution in [2.45, 2.75) is 25.3 Å². The molecule has 0 saturated carbocycles. The van der Waals surface area contributed by atoms with Crippen molar-refractivity contribution >= 4 is 6.09 Å². The van der Waals surface area contributed by atoms with Crippen LogP contribution in [0, 0.1) is 0 Å². The normalized spacial score (nSPS) is 20.1. The van der Waals surface area contributed by atoms with E-state index in [1.54, 1.807) is 14.1 Å². The van der Waals surface area contributed by atoms with Gasteiger partial charge in [-0.2, -0.15) is 0 Å². The maximum Gasteiger partial charge on any atom is 0.414 e. The Morgan fingerprint density at radius 1 is 1.37 bits per heavy atom. The molecular weight excluding hydrogens is 240 g/mol. The number of amides is 1. The molecule has 1 atom stereocenters. The average molecular weight is 262 g/mol. The third kappa shape index (κ3) is 3.47. The zero-order valence-electron chi connectivity index (χ0n) is 11.9. The number of carbonyl (C=O) groups is 1. The van der Waals surface area contributed by atoms with E-state index in [0.29, 0.717) is 11.8 Å². The molecule has 19 heavy (non-hydrogen) atoms. The maximum atomic E-state index is 11.6. The van der Waals surface area contributed by atoms with Crippen molar-refractivity contribution in [3.8, 4) is 5.75 Å². The number of carbonyl (C=O) groups excluding carboxylic acids is 1. The van der Waals surface area contributed by atoms with Crippen LogP contribution in [0.4, 0.5) is 4.79 Å². The fourth-order valence-electron chi connectivity index (χ4n) is 2.47. The second kappa shape index (κ2) is 6.06. The molecule has 0 N–H and O–H groups in total. The number of hydrogen-bond acceptors (Lipinski definition) is 3. The minimum Gasteiger partial charge on any atom is -0.410 e. The smallest absolute Gasteiger partial charge is 0.410 e. The van der Waals surface area contributed by atoms with Crippen molar-refractivity contribution in [1.82, 2.24) is 9.80 Å². The van der Waals surface area contributed by atoms with Crippen LogP contribution >= 0.6 is 0 Å². The lowest BCUT2D eigenvalue weighted by Crippen LogP contribution is -2.29. The average Bonchev–Trinajstić information content (AvgIpc) is 2.39. The van der Waals surface area contributed by atoms with Crippen LogP contribution in [0.1, 0.15) is 30.9 Å². The molecule has 1 aliphatic heterocycles. The van der Waals surface area contributed by atoms with Gasteiger partial charge in [-0.15, -0.1) is 0 Å². The zero-order valence-corrected chi connectivity index (χ0v) is 11.9. The number of ether oxygens (including phenoxy) is 1. The summed E-state index contributed by atoms with van der Waals surface area (Å²) in [6, 6.07) is 8.31. The summed E-state index contributed by atoms with van der Waals surface area (Å²) in [5.41, 5.74) is 1.23. The van der Waals surface area contributed by atoms with Gasteiger partial charge in [0.25, 0.3) is 0 Å². The van der Waals surface area contributed by atoms with Crippen molar-refractivity contribution in [2.24, 2.45) is 0 Å². The van der Waals surface area contributed by atoms with Crippen LogP contribution < -0.4 is 4.74 Å². The fourth-order valence-corrected chi connectivity index (χ4v) is 2.47. The molecular formula is C15H22N2O2. The molecule has 0 aliphatic carbocycles. The van der Waals surface area contributed by atoms with Gasteiger partial charge in [0.2, 0.25) is 0 Å². The fraction of sp³-hybridized carbons (Fsp3) is 0.533. The Morgan fingerprint density at radius 2 is 2.16 bits per heavy atom. The van der Waals surface area contributed by atoms with Gasteiger partial charge in [-0.05, 0) is 44.1 Å². The topological polar surface area (TPSA) is 32.8 Å². The van der Waals surface area contributed by atoms with Crippen molar-refractivity contribution in [3.63, 3.8) is 0 Å². The first-order valence-electron chi connectivity index (χ1n) is 6.77. The lowest BCUT2D eigenvalue weighted by atomic mass is 9.96. The Kier molecular flexibility index (Phi) is 4.43. The third-order valence-corrected chi connectivity index (χ3v) is 3.58. The monoisotopic (exact) mass is 262 g/mol. The summed E-state index contributed by atoms with van der Waals surface area (Å²) in [6.07, 6.45) is 3.36. The maximum absolute atomic E-state index is 11.6. The molecule has 104 valence electrons. The quantitative estimate of drug-likeness (QED) is 0.821. The van der Waals surface area contributed by atoms with Crippen LogP contribution in [0.2, 0.25) is 0 Å². The number of benzene rings is 1. The Bertz CT molecular complexity index is 446. The van der Waals surface area contributed by atoms with Gasteiger partial charge in [0.05, 0.1) is 0 Å². The lowest BCUT2D eigenvalue weighted by Gasteiger charge is -2.32. The van der Waals surface area contributed by atoms with E-state index < -0.39 is 0 Å². The predicted molar refractivity (Wildman–Crippen MR) is 75.4 cm³/mol. The molecule has 1 aromatic rings. The molecule has 1 fully saturated rings. The SMILES string of the molecule is CN(C)C(=O)Oc1cccc(C2CCCCN2C)c1. The lowest BCUT2D eigenvalue weighted by molar-refractivity contribution is 0.171. The van der Waals surface area contributed by atoms with Crippen LogP contribution in [-0.4, -0.2) is 43.6 Å². The second-order valence-electron chi connectivity index (χ2n) is 5.33. The van der Waals surface area contributed by atoms with Crippen LogP contribution in [0.3, 0.4) is 0 Å². The summed E-state index contributed by atoms with van der Waals surface area (Å²) >= 11 is 0. The van der Waals surface area contributed by atoms with E-state index in [2.05, 4.69) is 18.0 Å². The van der Waals surface area contributed by atoms with Crippen LogP contribution in [0.15, 0.2) is 24.3 Å². The molecule has 1 aromatic carbocycles. The van der Waals surface area contributed by atoms with Crippen LogP contribution in [-0.2, 0) is 0 Å². The summed E-state index contributed by atoms with van der Waals surface area (Å²) in [5, 5.41) is 0. The van der Waals surface area contributed by atoms with E-state index in [1.807, 2.05) is 18.2 Å². The highest BCUT2D eigenvalue weighted by Crippen LogP contribution is 2.31. The van der Waals surface area contributed by atoms with Gasteiger partial charge >= 0.3 is 6.09 Å². The number of likely N-dealkylation sites (tertiary alicyclic amines) is 1. The largest absolute Gasteiger partial charge is 0.414 e. The summed E-state index contributed by atoms with van der Waals surface area (Å²) in [6.45, 7) is 1.13. The van der Waals surface area contributed by atoms with E-state index in [4.69, 9.17) is 4.74 Å². The standard InChI is InChI=1S/C15H22N2O2/c1-16(2)15(18)19-13-8-6-7-12(11-13)14-9-4-5-10-17(14)3/h6-8,11,14H,4-5,9-10H2,1-3H3. The Labute approximate surface area is 115 Å². The first-order chi connectivity index (χ1) is 9.08. The summed E-state index contributed by atoms with van der Waals surface area (Å²) in [7, 11) is 5.52. The molecule has 4 nitrogen and oxygen atoms in total. The molecule has 0 radical (unpaired) electrons. The van der Waals surface area contributed by atoms with Gasteiger partial charge in [-0.25, -0.2) is 4.79 Å². The van der Waals surface area contributed by atoms with Gasteiger partial charge in [-0.3, -0.25) is 4.90 Å². The molecule has 1 saturated heterocycles. The van der Waals surface area contributed by atoms with Gasteiger partial charge in [0.1, 0.15) is 5.75 Å². The van der Waals surface area contributed by atoms with Gasteiger partial charge in [-0.1, -0.05) is 18.6 Å². The summed E-state index contributed by atoms with van der Waals surface area (Å²) in [4.78, 5) is 15.4. The van der Waals surface area contributed by atoms with Gasteiger partial charge in [0, 0.05) is 20.1 Å². The predicted octanol–water partition coefficient (Wildman–Crippen LogP) is 2.90. The number of piperidine rings is 1. The van der Waals surface area contributed by atoms with Gasteiger partial charge in [0.15, 0.2) is 0 Å². The Hall–Kier alpha value is -1.55.